The number of nitrogens with two attached hydrogens (primary N) is 1. The molecule has 3 aromatic carbocycles. The van der Waals surface area contributed by atoms with Crippen LogP contribution in [0.25, 0.3) is 11.3 Å². The van der Waals surface area contributed by atoms with Gasteiger partial charge < -0.3 is 10.8 Å². The minimum Gasteiger partial charge on any atom is -0.507 e. The van der Waals surface area contributed by atoms with E-state index in [9.17, 15) is 9.50 Å². The lowest BCUT2D eigenvalue weighted by Gasteiger charge is -2.25. The Bertz CT molecular complexity index is 1300. The molecule has 3 N–H and O–H groups in total. The summed E-state index contributed by atoms with van der Waals surface area (Å²) in [7, 11) is 0. The normalized spacial score (nSPS) is 15.4. The minimum atomic E-state index is -0.296. The number of hydrogen-bond donors (Lipinski definition) is 2. The zero-order chi connectivity index (χ0) is 21.5. The molecular formula is C24H18BrFN4O. The molecule has 7 heteroatoms. The van der Waals surface area contributed by atoms with Gasteiger partial charge in [-0.05, 0) is 42.0 Å². The molecule has 0 bridgehead atoms. The van der Waals surface area contributed by atoms with Crippen molar-refractivity contribution in [2.45, 2.75) is 12.3 Å². The number of aromatic nitrogens is 2. The second-order valence-electron chi connectivity index (χ2n) is 7.39. The van der Waals surface area contributed by atoms with E-state index in [-0.39, 0.29) is 23.4 Å². The Morgan fingerprint density at radius 2 is 1.71 bits per heavy atom. The first kappa shape index (κ1) is 19.5. The summed E-state index contributed by atoms with van der Waals surface area (Å²) >= 11 is 3.46. The maximum Gasteiger partial charge on any atom is 0.222 e. The predicted molar refractivity (Wildman–Crippen MR) is 123 cm³/mol. The summed E-state index contributed by atoms with van der Waals surface area (Å²) in [6.45, 7) is 0. The number of imidazole rings is 1. The lowest BCUT2D eigenvalue weighted by atomic mass is 9.85. The number of fused-ring (bicyclic) bond motifs is 1. The standard InChI is InChI=1S/C24H18BrFN4O/c25-16-9-5-15(6-10-16)22-23-19(14-7-11-17(26)12-8-14)13-20(29-30(23)24(27)28-22)18-3-1-2-4-21(18)31/h1-12,19,31H,13H2,(H2,27,28). The van der Waals surface area contributed by atoms with Crippen molar-refractivity contribution in [2.75, 3.05) is 5.73 Å². The SMILES string of the molecule is Nc1nc(-c2ccc(Br)cc2)c2n1N=C(c1ccccc1O)CC2c1ccc(F)cc1. The quantitative estimate of drug-likeness (QED) is 0.408. The van der Waals surface area contributed by atoms with Crippen LogP contribution in [0.2, 0.25) is 0 Å². The Morgan fingerprint density at radius 1 is 1.00 bits per heavy atom. The molecule has 0 saturated carbocycles. The highest BCUT2D eigenvalue weighted by molar-refractivity contribution is 9.10. The molecule has 0 spiro atoms. The molecule has 4 aromatic rings. The number of phenols is 1. The molecule has 0 amide bonds. The number of phenolic OH excluding ortho intramolecular Hbond substituents is 1. The van der Waals surface area contributed by atoms with Crippen LogP contribution in [0.4, 0.5) is 10.3 Å². The molecule has 1 aliphatic heterocycles. The van der Waals surface area contributed by atoms with Crippen LogP contribution in [0.1, 0.15) is 29.2 Å². The van der Waals surface area contributed by atoms with Gasteiger partial charge in [0.25, 0.3) is 0 Å². The first-order chi connectivity index (χ1) is 15.0. The van der Waals surface area contributed by atoms with Crippen LogP contribution in [-0.4, -0.2) is 20.5 Å². The number of aromatic hydroxyl groups is 1. The fourth-order valence-corrected chi connectivity index (χ4v) is 4.25. The van der Waals surface area contributed by atoms with Crippen molar-refractivity contribution < 1.29 is 9.50 Å². The molecule has 0 fully saturated rings. The first-order valence-electron chi connectivity index (χ1n) is 9.77. The highest BCUT2D eigenvalue weighted by Crippen LogP contribution is 2.41. The van der Waals surface area contributed by atoms with E-state index in [2.05, 4.69) is 20.9 Å². The topological polar surface area (TPSA) is 76.4 Å². The Balaban J connectivity index is 1.73. The number of anilines is 1. The van der Waals surface area contributed by atoms with Gasteiger partial charge in [0.15, 0.2) is 0 Å². The smallest absolute Gasteiger partial charge is 0.222 e. The van der Waals surface area contributed by atoms with E-state index in [4.69, 9.17) is 10.8 Å². The van der Waals surface area contributed by atoms with Crippen molar-refractivity contribution in [2.24, 2.45) is 5.10 Å². The van der Waals surface area contributed by atoms with E-state index < -0.39 is 0 Å². The van der Waals surface area contributed by atoms with Gasteiger partial charge in [-0.25, -0.2) is 14.1 Å². The van der Waals surface area contributed by atoms with E-state index in [0.717, 1.165) is 27.0 Å². The Morgan fingerprint density at radius 3 is 2.42 bits per heavy atom. The summed E-state index contributed by atoms with van der Waals surface area (Å²) in [5.41, 5.74) is 11.0. The Kier molecular flexibility index (Phi) is 4.82. The number of hydrogen-bond acceptors (Lipinski definition) is 4. The molecule has 154 valence electrons. The van der Waals surface area contributed by atoms with Gasteiger partial charge in [0.2, 0.25) is 5.95 Å². The van der Waals surface area contributed by atoms with E-state index in [1.54, 1.807) is 28.9 Å². The van der Waals surface area contributed by atoms with Gasteiger partial charge in [0, 0.05) is 27.9 Å². The number of halogens is 2. The molecule has 1 aromatic heterocycles. The highest BCUT2D eigenvalue weighted by Gasteiger charge is 2.32. The van der Waals surface area contributed by atoms with Crippen molar-refractivity contribution >= 4 is 27.6 Å². The molecule has 0 saturated heterocycles. The number of nitrogens with zero attached hydrogens (tertiary/aromatic N) is 3. The lowest BCUT2D eigenvalue weighted by molar-refractivity contribution is 0.473. The summed E-state index contributed by atoms with van der Waals surface area (Å²) in [4.78, 5) is 4.62. The average Bonchev–Trinajstić information content (AvgIpc) is 3.11. The van der Waals surface area contributed by atoms with Crippen molar-refractivity contribution in [3.05, 3.63) is 99.9 Å². The van der Waals surface area contributed by atoms with E-state index in [0.29, 0.717) is 17.7 Å². The van der Waals surface area contributed by atoms with Crippen LogP contribution in [-0.2, 0) is 0 Å². The van der Waals surface area contributed by atoms with Gasteiger partial charge in [0.05, 0.1) is 17.1 Å². The fourth-order valence-electron chi connectivity index (χ4n) is 3.98. The van der Waals surface area contributed by atoms with Crippen LogP contribution >= 0.6 is 15.9 Å². The van der Waals surface area contributed by atoms with E-state index in [1.807, 2.05) is 36.4 Å². The number of benzene rings is 3. The molecule has 5 rings (SSSR count). The fraction of sp³-hybridized carbons (Fsp3) is 0.0833. The number of para-hydroxylation sites is 1. The first-order valence-corrected chi connectivity index (χ1v) is 10.6. The third-order valence-electron chi connectivity index (χ3n) is 5.47. The van der Waals surface area contributed by atoms with Gasteiger partial charge in [-0.1, -0.05) is 52.3 Å². The van der Waals surface area contributed by atoms with E-state index >= 15 is 0 Å². The monoisotopic (exact) mass is 476 g/mol. The number of nitrogen functional groups attached to an aromatic ring is 1. The maximum absolute atomic E-state index is 13.6. The van der Waals surface area contributed by atoms with Crippen molar-refractivity contribution in [3.8, 4) is 17.0 Å². The van der Waals surface area contributed by atoms with Gasteiger partial charge in [-0.3, -0.25) is 0 Å². The molecular weight excluding hydrogens is 459 g/mol. The van der Waals surface area contributed by atoms with Crippen LogP contribution < -0.4 is 5.73 Å². The van der Waals surface area contributed by atoms with Crippen molar-refractivity contribution in [1.82, 2.24) is 9.66 Å². The van der Waals surface area contributed by atoms with Crippen molar-refractivity contribution in [1.29, 1.82) is 0 Å². The molecule has 2 heterocycles. The summed E-state index contributed by atoms with van der Waals surface area (Å²) in [6, 6.07) is 21.3. The molecule has 5 nitrogen and oxygen atoms in total. The Labute approximate surface area is 186 Å². The summed E-state index contributed by atoms with van der Waals surface area (Å²) in [5.74, 6) is -0.0616. The van der Waals surface area contributed by atoms with Gasteiger partial charge in [-0.2, -0.15) is 5.10 Å². The highest BCUT2D eigenvalue weighted by atomic mass is 79.9. The van der Waals surface area contributed by atoms with Crippen LogP contribution in [0, 0.1) is 5.82 Å². The van der Waals surface area contributed by atoms with Crippen LogP contribution in [0.5, 0.6) is 5.75 Å². The molecule has 31 heavy (non-hydrogen) atoms. The van der Waals surface area contributed by atoms with Gasteiger partial charge in [-0.15, -0.1) is 0 Å². The summed E-state index contributed by atoms with van der Waals surface area (Å²) in [5, 5.41) is 15.1. The van der Waals surface area contributed by atoms with Crippen LogP contribution in [0.3, 0.4) is 0 Å². The average molecular weight is 477 g/mol. The molecule has 0 aliphatic carbocycles. The zero-order valence-electron chi connectivity index (χ0n) is 16.3. The third-order valence-corrected chi connectivity index (χ3v) is 6.00. The molecule has 1 atom stereocenters. The lowest BCUT2D eigenvalue weighted by Crippen LogP contribution is -2.21. The molecule has 1 unspecified atom stereocenters. The minimum absolute atomic E-state index is 0.148. The van der Waals surface area contributed by atoms with Crippen molar-refractivity contribution in [3.63, 3.8) is 0 Å². The second-order valence-corrected chi connectivity index (χ2v) is 8.31. The van der Waals surface area contributed by atoms with Crippen LogP contribution in [0.15, 0.2) is 82.4 Å². The summed E-state index contributed by atoms with van der Waals surface area (Å²) in [6.07, 6.45) is 0.512. The number of rotatable bonds is 3. The Hall–Kier alpha value is -3.45. The van der Waals surface area contributed by atoms with Gasteiger partial charge in [0.1, 0.15) is 11.6 Å². The van der Waals surface area contributed by atoms with Gasteiger partial charge >= 0.3 is 0 Å². The summed E-state index contributed by atoms with van der Waals surface area (Å²) < 4.78 is 16.2. The maximum atomic E-state index is 13.6. The predicted octanol–water partition coefficient (Wildman–Crippen LogP) is 5.53. The van der Waals surface area contributed by atoms with E-state index in [1.165, 1.54) is 12.1 Å². The largest absolute Gasteiger partial charge is 0.507 e. The molecule has 0 radical (unpaired) electrons. The molecule has 1 aliphatic rings. The zero-order valence-corrected chi connectivity index (χ0v) is 17.9. The second kappa shape index (κ2) is 7.67. The third kappa shape index (κ3) is 3.51.